The molecule has 0 amide bonds. The first-order valence-corrected chi connectivity index (χ1v) is 11.4. The molecule has 0 saturated heterocycles. The molecule has 0 bridgehead atoms. The quantitative estimate of drug-likeness (QED) is 0.177. The molecule has 30 heavy (non-hydrogen) atoms. The second kappa shape index (κ2) is 10.4. The van der Waals surface area contributed by atoms with Gasteiger partial charge in [-0.15, -0.1) is 11.3 Å². The van der Waals surface area contributed by atoms with Crippen molar-refractivity contribution in [2.75, 3.05) is 5.32 Å². The number of allylic oxidation sites excluding steroid dienone is 5. The third-order valence-electron chi connectivity index (χ3n) is 4.42. The van der Waals surface area contributed by atoms with E-state index in [-0.39, 0.29) is 5.92 Å². The van der Waals surface area contributed by atoms with Crippen LogP contribution in [0.25, 0.3) is 0 Å². The van der Waals surface area contributed by atoms with Gasteiger partial charge in [0.1, 0.15) is 5.75 Å². The zero-order chi connectivity index (χ0) is 21.5. The minimum Gasteiger partial charge on any atom is -0.453 e. The van der Waals surface area contributed by atoms with Crippen LogP contribution < -0.4 is 15.2 Å². The summed E-state index contributed by atoms with van der Waals surface area (Å²) in [7, 11) is 0. The summed E-state index contributed by atoms with van der Waals surface area (Å²) in [5, 5.41) is 20.6. The third-order valence-corrected chi connectivity index (χ3v) is 5.84. The Labute approximate surface area is 186 Å². The van der Waals surface area contributed by atoms with E-state index in [0.717, 1.165) is 34.1 Å². The van der Waals surface area contributed by atoms with Crippen LogP contribution in [0.1, 0.15) is 25.5 Å². The minimum absolute atomic E-state index is 0.212. The van der Waals surface area contributed by atoms with Crippen molar-refractivity contribution in [1.82, 2.24) is 4.98 Å². The summed E-state index contributed by atoms with van der Waals surface area (Å²) in [6.07, 6.45) is 9.57. The summed E-state index contributed by atoms with van der Waals surface area (Å²) >= 11 is 2.71. The van der Waals surface area contributed by atoms with E-state index in [0.29, 0.717) is 22.9 Å². The van der Waals surface area contributed by atoms with Crippen LogP contribution in [0, 0.1) is 18.3 Å². The van der Waals surface area contributed by atoms with Crippen LogP contribution in [0.2, 0.25) is 0 Å². The summed E-state index contributed by atoms with van der Waals surface area (Å²) in [5.41, 5.74) is 3.01. The predicted octanol–water partition coefficient (Wildman–Crippen LogP) is 6.24. The molecule has 0 unspecified atom stereocenters. The van der Waals surface area contributed by atoms with Gasteiger partial charge in [-0.2, -0.15) is 0 Å². The van der Waals surface area contributed by atoms with E-state index in [1.54, 1.807) is 6.08 Å². The summed E-state index contributed by atoms with van der Waals surface area (Å²) in [6, 6.07) is 7.55. The minimum atomic E-state index is 0.212. The van der Waals surface area contributed by atoms with Crippen molar-refractivity contribution in [3.05, 3.63) is 83.3 Å². The van der Waals surface area contributed by atoms with Gasteiger partial charge in [0.25, 0.3) is 0 Å². The highest BCUT2D eigenvalue weighted by Crippen LogP contribution is 2.36. The lowest BCUT2D eigenvalue weighted by Gasteiger charge is -2.19. The third kappa shape index (κ3) is 5.72. The number of hydrogen-bond donors (Lipinski definition) is 3. The Kier molecular flexibility index (Phi) is 7.68. The monoisotopic (exact) mass is 438 g/mol. The van der Waals surface area contributed by atoms with Crippen LogP contribution in [0.3, 0.4) is 0 Å². The summed E-state index contributed by atoms with van der Waals surface area (Å²) < 4.78 is 6.30. The van der Waals surface area contributed by atoms with Gasteiger partial charge in [-0.05, 0) is 62.9 Å². The molecule has 1 saturated carbocycles. The van der Waals surface area contributed by atoms with Gasteiger partial charge in [-0.25, -0.2) is 4.98 Å². The normalized spacial score (nSPS) is 15.1. The number of hydrogen-bond acceptors (Lipinski definition) is 7. The first kappa shape index (κ1) is 22.1. The van der Waals surface area contributed by atoms with Gasteiger partial charge in [0.2, 0.25) is 0 Å². The Balaban J connectivity index is 2.10. The SMILES string of the molecule is C=C/C=C(\C=C/C)C(/Nc1nc(C)cs1)=C(\Oc1ccc(SN)cc1)C(=N)C1CC1. The molecule has 0 aliphatic heterocycles. The molecule has 0 radical (unpaired) electrons. The fourth-order valence-electron chi connectivity index (χ4n) is 2.81. The molecule has 156 valence electrons. The molecular weight excluding hydrogens is 412 g/mol. The van der Waals surface area contributed by atoms with Crippen molar-refractivity contribution in [1.29, 1.82) is 5.41 Å². The van der Waals surface area contributed by atoms with E-state index >= 15 is 0 Å². The summed E-state index contributed by atoms with van der Waals surface area (Å²) in [4.78, 5) is 5.49. The Bertz CT molecular complexity index is 998. The van der Waals surface area contributed by atoms with Crippen LogP contribution in [0.4, 0.5) is 5.13 Å². The van der Waals surface area contributed by atoms with E-state index in [4.69, 9.17) is 15.3 Å². The van der Waals surface area contributed by atoms with Gasteiger partial charge in [0, 0.05) is 21.8 Å². The zero-order valence-electron chi connectivity index (χ0n) is 17.1. The fourth-order valence-corrected chi connectivity index (χ4v) is 3.80. The standard InChI is InChI=1S/C23H26N4OS2/c1-4-6-17(7-5-2)21(27-23-26-15(3)14-29-23)22(20(24)16-8-9-16)28-18-10-12-19(30-25)13-11-18/h4-7,10-14,16,24H,1,8-9,25H2,2-3H3,(H,26,27)/b7-5-,17-6+,22-21+,24-20?. The van der Waals surface area contributed by atoms with Crippen LogP contribution in [0.5, 0.6) is 5.75 Å². The first-order valence-electron chi connectivity index (χ1n) is 9.68. The molecule has 1 aliphatic rings. The largest absolute Gasteiger partial charge is 0.453 e. The smallest absolute Gasteiger partial charge is 0.187 e. The molecule has 2 aromatic rings. The van der Waals surface area contributed by atoms with E-state index in [1.807, 2.05) is 61.7 Å². The van der Waals surface area contributed by atoms with Gasteiger partial charge < -0.3 is 15.5 Å². The van der Waals surface area contributed by atoms with Crippen molar-refractivity contribution in [2.24, 2.45) is 11.1 Å². The lowest BCUT2D eigenvalue weighted by molar-refractivity contribution is 0.446. The average Bonchev–Trinajstić information content (AvgIpc) is 3.52. The molecule has 3 rings (SSSR count). The maximum atomic E-state index is 8.81. The Morgan fingerprint density at radius 2 is 2.10 bits per heavy atom. The van der Waals surface area contributed by atoms with Gasteiger partial charge in [0.15, 0.2) is 10.9 Å². The van der Waals surface area contributed by atoms with Crippen molar-refractivity contribution in [3.63, 3.8) is 0 Å². The van der Waals surface area contributed by atoms with Crippen molar-refractivity contribution >= 4 is 34.1 Å². The number of nitrogens with one attached hydrogen (secondary N) is 2. The van der Waals surface area contributed by atoms with Gasteiger partial charge in [-0.3, -0.25) is 5.14 Å². The number of aryl methyl sites for hydroxylation is 1. The topological polar surface area (TPSA) is 84.0 Å². The predicted molar refractivity (Wildman–Crippen MR) is 128 cm³/mol. The molecule has 1 aromatic heterocycles. The number of anilines is 1. The highest BCUT2D eigenvalue weighted by atomic mass is 32.2. The van der Waals surface area contributed by atoms with Crippen LogP contribution in [-0.4, -0.2) is 10.7 Å². The van der Waals surface area contributed by atoms with E-state index in [2.05, 4.69) is 16.9 Å². The van der Waals surface area contributed by atoms with Gasteiger partial charge >= 0.3 is 0 Å². The molecular formula is C23H26N4OS2. The Morgan fingerprint density at radius 1 is 1.37 bits per heavy atom. The number of ether oxygens (including phenoxy) is 1. The van der Waals surface area contributed by atoms with Gasteiger partial charge in [-0.1, -0.05) is 30.9 Å². The summed E-state index contributed by atoms with van der Waals surface area (Å²) in [6.45, 7) is 7.76. The zero-order valence-corrected chi connectivity index (χ0v) is 18.8. The molecule has 1 aliphatic carbocycles. The number of rotatable bonds is 10. The highest BCUT2D eigenvalue weighted by Gasteiger charge is 2.32. The van der Waals surface area contributed by atoms with E-state index in [9.17, 15) is 0 Å². The molecule has 4 N–H and O–H groups in total. The highest BCUT2D eigenvalue weighted by molar-refractivity contribution is 7.97. The first-order chi connectivity index (χ1) is 14.5. The Morgan fingerprint density at radius 3 is 2.63 bits per heavy atom. The lowest BCUT2D eigenvalue weighted by Crippen LogP contribution is -2.18. The fraction of sp³-hybridized carbons (Fsp3) is 0.217. The van der Waals surface area contributed by atoms with Crippen molar-refractivity contribution in [2.45, 2.75) is 31.6 Å². The second-order valence-corrected chi connectivity index (χ2v) is 8.43. The molecule has 0 spiro atoms. The van der Waals surface area contributed by atoms with E-state index in [1.165, 1.54) is 23.3 Å². The molecule has 1 aromatic carbocycles. The number of nitrogens with zero attached hydrogens (tertiary/aromatic N) is 1. The maximum Gasteiger partial charge on any atom is 0.187 e. The number of nitrogens with two attached hydrogens (primary N) is 1. The molecule has 7 heteroatoms. The molecule has 5 nitrogen and oxygen atoms in total. The number of benzene rings is 1. The molecule has 1 fully saturated rings. The van der Waals surface area contributed by atoms with E-state index < -0.39 is 0 Å². The van der Waals surface area contributed by atoms with Gasteiger partial charge in [0.05, 0.1) is 17.1 Å². The van der Waals surface area contributed by atoms with Crippen LogP contribution in [0.15, 0.2) is 82.5 Å². The number of aromatic nitrogens is 1. The second-order valence-electron chi connectivity index (χ2n) is 6.86. The maximum absolute atomic E-state index is 8.81. The Hall–Kier alpha value is -2.61. The summed E-state index contributed by atoms with van der Waals surface area (Å²) in [5.74, 6) is 1.37. The lowest BCUT2D eigenvalue weighted by atomic mass is 10.1. The molecule has 1 heterocycles. The molecule has 0 atom stereocenters. The van der Waals surface area contributed by atoms with Crippen LogP contribution in [-0.2, 0) is 0 Å². The van der Waals surface area contributed by atoms with Crippen molar-refractivity contribution < 1.29 is 4.74 Å². The number of thiazole rings is 1. The van der Waals surface area contributed by atoms with Crippen molar-refractivity contribution in [3.8, 4) is 5.75 Å². The van der Waals surface area contributed by atoms with Crippen LogP contribution >= 0.6 is 23.3 Å². The average molecular weight is 439 g/mol.